The molecule has 0 amide bonds. The zero-order chi connectivity index (χ0) is 12.1. The summed E-state index contributed by atoms with van der Waals surface area (Å²) in [5.41, 5.74) is 7.13. The Hall–Kier alpha value is -1.01. The van der Waals surface area contributed by atoms with Gasteiger partial charge in [0, 0.05) is 18.4 Å². The van der Waals surface area contributed by atoms with Gasteiger partial charge in [-0.3, -0.25) is 0 Å². The van der Waals surface area contributed by atoms with Gasteiger partial charge in [-0.1, -0.05) is 30.3 Å². The fraction of sp³-hybridized carbons (Fsp3) is 0.308. The topological polar surface area (TPSA) is 64.1 Å². The summed E-state index contributed by atoms with van der Waals surface area (Å²) < 4.78 is 1.83. The minimum absolute atomic E-state index is 0. The number of aromatic nitrogens is 2. The zero-order valence-corrected chi connectivity index (χ0v) is 12.3. The van der Waals surface area contributed by atoms with E-state index in [1.165, 1.54) is 0 Å². The lowest BCUT2D eigenvalue weighted by Gasteiger charge is -2.19. The van der Waals surface area contributed by atoms with Crippen LogP contribution in [0.15, 0.2) is 49.1 Å². The van der Waals surface area contributed by atoms with E-state index in [-0.39, 0.29) is 31.9 Å². The van der Waals surface area contributed by atoms with Crippen LogP contribution in [0.3, 0.4) is 0 Å². The molecule has 1 aromatic heterocycles. The van der Waals surface area contributed by atoms with Crippen LogP contribution < -0.4 is 5.73 Å². The number of nitrogens with zero attached hydrogens (tertiary/aromatic N) is 2. The number of rotatable bonds is 5. The van der Waals surface area contributed by atoms with Crippen molar-refractivity contribution in [3.63, 3.8) is 0 Å². The molecule has 106 valence electrons. The van der Waals surface area contributed by atoms with Crippen LogP contribution >= 0.6 is 25.9 Å². The lowest BCUT2D eigenvalue weighted by Crippen LogP contribution is -2.39. The largest absolute Gasteiger partial charge is 0.390 e. The molecule has 1 heterocycles. The molecule has 0 saturated carbocycles. The molecule has 0 aliphatic heterocycles. The Balaban J connectivity index is 0.00000162. The Kier molecular flexibility index (Phi) is 8.51. The summed E-state index contributed by atoms with van der Waals surface area (Å²) in [5, 5.41) is 9.98. The van der Waals surface area contributed by atoms with E-state index in [0.29, 0.717) is 13.0 Å². The Morgan fingerprint density at radius 1 is 1.26 bits per heavy atom. The van der Waals surface area contributed by atoms with Crippen molar-refractivity contribution < 1.29 is 5.11 Å². The summed E-state index contributed by atoms with van der Waals surface area (Å²) in [4.78, 5) is 3.93. The fourth-order valence-corrected chi connectivity index (χ4v) is 1.77. The highest BCUT2D eigenvalue weighted by Gasteiger charge is 2.15. The van der Waals surface area contributed by atoms with E-state index < -0.39 is 6.10 Å². The number of hydrogen-bond acceptors (Lipinski definition) is 3. The van der Waals surface area contributed by atoms with Crippen molar-refractivity contribution in [1.29, 1.82) is 0 Å². The normalized spacial score (nSPS) is 12.9. The predicted molar refractivity (Wildman–Crippen MR) is 84.0 cm³/mol. The molecule has 0 aliphatic rings. The van der Waals surface area contributed by atoms with Crippen molar-refractivity contribution in [2.75, 3.05) is 0 Å². The highest BCUT2D eigenvalue weighted by atomic mass is 35.5. The Labute approximate surface area is 126 Å². The van der Waals surface area contributed by atoms with E-state index in [1.807, 2.05) is 41.1 Å². The molecule has 6 heteroatoms. The van der Waals surface area contributed by atoms with Crippen LogP contribution in [0.25, 0.3) is 0 Å². The van der Waals surface area contributed by atoms with Crippen molar-refractivity contribution in [2.24, 2.45) is 5.73 Å². The van der Waals surface area contributed by atoms with E-state index in [4.69, 9.17) is 5.73 Å². The molecule has 0 bridgehead atoms. The van der Waals surface area contributed by atoms with Gasteiger partial charge in [0.2, 0.25) is 0 Å². The number of hydrogen-bond donors (Lipinski definition) is 2. The smallest absolute Gasteiger partial charge is 0.0946 e. The second kappa shape index (κ2) is 8.98. The highest BCUT2D eigenvalue weighted by molar-refractivity contribution is 7.59. The minimum atomic E-state index is -0.565. The first kappa shape index (κ1) is 18.0. The van der Waals surface area contributed by atoms with Crippen molar-refractivity contribution in [3.8, 4) is 0 Å². The molecule has 0 unspecified atom stereocenters. The van der Waals surface area contributed by atoms with E-state index in [0.717, 1.165) is 5.56 Å². The van der Waals surface area contributed by atoms with E-state index in [2.05, 4.69) is 4.98 Å². The molecule has 3 N–H and O–H groups in total. The Morgan fingerprint density at radius 2 is 1.95 bits per heavy atom. The van der Waals surface area contributed by atoms with Gasteiger partial charge >= 0.3 is 0 Å². The van der Waals surface area contributed by atoms with Crippen LogP contribution in [-0.4, -0.2) is 26.8 Å². The van der Waals surface area contributed by atoms with Gasteiger partial charge in [0.05, 0.1) is 19.0 Å². The molecule has 0 aliphatic carbocycles. The van der Waals surface area contributed by atoms with Crippen LogP contribution in [0, 0.1) is 0 Å². The van der Waals surface area contributed by atoms with Crippen LogP contribution in [0.2, 0.25) is 0 Å². The van der Waals surface area contributed by atoms with Crippen molar-refractivity contribution in [1.82, 2.24) is 9.55 Å². The minimum Gasteiger partial charge on any atom is -0.390 e. The molecule has 2 rings (SSSR count). The molecule has 0 spiro atoms. The van der Waals surface area contributed by atoms with Crippen molar-refractivity contribution >= 4 is 25.9 Å². The molecular weight excluding hydrogens is 282 g/mol. The summed E-state index contributed by atoms with van der Waals surface area (Å²) in [7, 11) is 0. The van der Waals surface area contributed by atoms with E-state index in [9.17, 15) is 5.11 Å². The highest BCUT2D eigenvalue weighted by Crippen LogP contribution is 2.06. The van der Waals surface area contributed by atoms with Gasteiger partial charge in [-0.05, 0) is 12.0 Å². The SMILES string of the molecule is Cl.N[C@H](Cc1ccccc1)[C@@H](O)Cn1ccnc1.S. The predicted octanol–water partition coefficient (Wildman–Crippen LogP) is 1.35. The monoisotopic (exact) mass is 301 g/mol. The Bertz CT molecular complexity index is 438. The zero-order valence-electron chi connectivity index (χ0n) is 10.5. The van der Waals surface area contributed by atoms with Crippen molar-refractivity contribution in [3.05, 3.63) is 54.6 Å². The van der Waals surface area contributed by atoms with E-state index in [1.54, 1.807) is 12.5 Å². The third-order valence-corrected chi connectivity index (χ3v) is 2.77. The number of aliphatic hydroxyl groups excluding tert-OH is 1. The third-order valence-electron chi connectivity index (χ3n) is 2.77. The van der Waals surface area contributed by atoms with Crippen molar-refractivity contribution in [2.45, 2.75) is 25.1 Å². The standard InChI is InChI=1S/C13H17N3O.ClH.H2S/c14-12(8-11-4-2-1-3-5-11)13(17)9-16-7-6-15-10-16;;/h1-7,10,12-13,17H,8-9,14H2;1H;1H2/t12-,13+;;/m1../s1. The van der Waals surface area contributed by atoms with Gasteiger partial charge in [-0.2, -0.15) is 13.5 Å². The van der Waals surface area contributed by atoms with Crippen LogP contribution in [0.1, 0.15) is 5.56 Å². The first-order valence-electron chi connectivity index (χ1n) is 5.69. The molecule has 19 heavy (non-hydrogen) atoms. The first-order chi connectivity index (χ1) is 8.25. The average molecular weight is 302 g/mol. The number of imidazole rings is 1. The Morgan fingerprint density at radius 3 is 2.53 bits per heavy atom. The van der Waals surface area contributed by atoms with E-state index >= 15 is 0 Å². The van der Waals surface area contributed by atoms with Crippen LogP contribution in [0.5, 0.6) is 0 Å². The van der Waals surface area contributed by atoms with Crippen LogP contribution in [0.4, 0.5) is 0 Å². The number of benzene rings is 1. The summed E-state index contributed by atoms with van der Waals surface area (Å²) in [5.74, 6) is 0. The lowest BCUT2D eigenvalue weighted by molar-refractivity contribution is 0.125. The molecule has 0 saturated heterocycles. The summed E-state index contributed by atoms with van der Waals surface area (Å²) in [6.45, 7) is 0.480. The fourth-order valence-electron chi connectivity index (χ4n) is 1.77. The molecule has 2 aromatic rings. The van der Waals surface area contributed by atoms with Gasteiger partial charge in [0.25, 0.3) is 0 Å². The number of halogens is 1. The van der Waals surface area contributed by atoms with Gasteiger partial charge < -0.3 is 15.4 Å². The summed E-state index contributed by atoms with van der Waals surface area (Å²) in [6.07, 6.45) is 5.30. The maximum absolute atomic E-state index is 9.98. The molecule has 0 radical (unpaired) electrons. The molecule has 2 atom stereocenters. The quantitative estimate of drug-likeness (QED) is 0.876. The summed E-state index contributed by atoms with van der Waals surface area (Å²) >= 11 is 0. The van der Waals surface area contributed by atoms with Gasteiger partial charge in [0.15, 0.2) is 0 Å². The molecule has 4 nitrogen and oxygen atoms in total. The second-order valence-electron chi connectivity index (χ2n) is 4.18. The lowest BCUT2D eigenvalue weighted by atomic mass is 10.0. The second-order valence-corrected chi connectivity index (χ2v) is 4.18. The average Bonchev–Trinajstić information content (AvgIpc) is 2.83. The van der Waals surface area contributed by atoms with Gasteiger partial charge in [-0.25, -0.2) is 4.98 Å². The van der Waals surface area contributed by atoms with Gasteiger partial charge in [-0.15, -0.1) is 12.4 Å². The number of aliphatic hydroxyl groups is 1. The van der Waals surface area contributed by atoms with Crippen LogP contribution in [-0.2, 0) is 13.0 Å². The summed E-state index contributed by atoms with van der Waals surface area (Å²) in [6, 6.07) is 9.69. The van der Waals surface area contributed by atoms with Gasteiger partial charge in [0.1, 0.15) is 0 Å². The maximum Gasteiger partial charge on any atom is 0.0946 e. The maximum atomic E-state index is 9.98. The molecule has 0 fully saturated rings. The third kappa shape index (κ3) is 5.65. The first-order valence-corrected chi connectivity index (χ1v) is 5.69. The molecule has 1 aromatic carbocycles. The number of nitrogens with two attached hydrogens (primary N) is 1. The molecular formula is C13H20ClN3OS.